The largest absolute Gasteiger partial charge is 0.288 e. The lowest BCUT2D eigenvalue weighted by molar-refractivity contribution is 0.325. The summed E-state index contributed by atoms with van der Waals surface area (Å²) in [5, 5.41) is 6.54. The van der Waals surface area contributed by atoms with Crippen LogP contribution in [0.3, 0.4) is 0 Å². The summed E-state index contributed by atoms with van der Waals surface area (Å²) in [5.74, 6) is 0. The highest BCUT2D eigenvalue weighted by molar-refractivity contribution is 4.82. The third kappa shape index (κ3) is 0.459. The molecule has 2 aliphatic heterocycles. The molecule has 0 atom stereocenters. The van der Waals surface area contributed by atoms with Crippen molar-refractivity contribution in [2.45, 2.75) is 6.17 Å². The summed E-state index contributed by atoms with van der Waals surface area (Å²) >= 11 is 0. The number of hydrogen-bond donors (Lipinski definition) is 2. The average molecular weight is 99.1 g/mol. The summed E-state index contributed by atoms with van der Waals surface area (Å²) in [6.07, 6.45) is 0.597. The zero-order valence-electron chi connectivity index (χ0n) is 4.15. The average Bonchev–Trinajstić information content (AvgIpc) is 2.22. The third-order valence-electron chi connectivity index (χ3n) is 1.56. The first kappa shape index (κ1) is 3.83. The molecule has 2 N–H and O–H groups in total. The van der Waals surface area contributed by atoms with E-state index in [1.807, 2.05) is 0 Å². The van der Waals surface area contributed by atoms with E-state index in [1.165, 1.54) is 6.54 Å². The topological polar surface area (TPSA) is 27.3 Å². The number of fused-ring (bicyclic) bond motifs is 2. The Morgan fingerprint density at radius 3 is 2.14 bits per heavy atom. The number of nitrogens with one attached hydrogen (secondary N) is 2. The summed E-state index contributed by atoms with van der Waals surface area (Å²) in [7, 11) is 0. The number of hydrogen-bond acceptors (Lipinski definition) is 3. The van der Waals surface area contributed by atoms with Crippen LogP contribution in [0.2, 0.25) is 0 Å². The quantitative estimate of drug-likeness (QED) is 0.397. The van der Waals surface area contributed by atoms with Gasteiger partial charge in [-0.3, -0.25) is 15.5 Å². The second-order valence-corrected chi connectivity index (χ2v) is 2.13. The van der Waals surface area contributed by atoms with Crippen molar-refractivity contribution in [3.63, 3.8) is 0 Å². The van der Waals surface area contributed by atoms with Crippen molar-refractivity contribution in [2.75, 3.05) is 19.9 Å². The van der Waals surface area contributed by atoms with Crippen LogP contribution in [0.5, 0.6) is 0 Å². The molecule has 7 heavy (non-hydrogen) atoms. The molecule has 0 spiro atoms. The van der Waals surface area contributed by atoms with Gasteiger partial charge in [-0.15, -0.1) is 0 Å². The highest BCUT2D eigenvalue weighted by Crippen LogP contribution is 2.02. The molecule has 0 aromatic carbocycles. The van der Waals surface area contributed by atoms with E-state index in [-0.39, 0.29) is 0 Å². The fourth-order valence-electron chi connectivity index (χ4n) is 1.12. The Kier molecular flexibility index (Phi) is 0.647. The van der Waals surface area contributed by atoms with E-state index in [0.717, 1.165) is 13.3 Å². The normalized spacial score (nSPS) is 48.0. The summed E-state index contributed by atoms with van der Waals surface area (Å²) in [4.78, 5) is 2.34. The van der Waals surface area contributed by atoms with E-state index in [0.29, 0.717) is 6.17 Å². The smallest absolute Gasteiger partial charge is 0.0723 e. The number of nitrogens with zero attached hydrogens (tertiary/aromatic N) is 1. The molecule has 0 unspecified atom stereocenters. The minimum Gasteiger partial charge on any atom is -0.288 e. The maximum absolute atomic E-state index is 3.27. The van der Waals surface area contributed by atoms with Crippen LogP contribution in [0.4, 0.5) is 0 Å². The Bertz CT molecular complexity index is 65.0. The molecule has 0 aliphatic carbocycles. The molecule has 0 radical (unpaired) electrons. The summed E-state index contributed by atoms with van der Waals surface area (Å²) in [6, 6.07) is 0. The molecule has 0 aromatic heterocycles. The van der Waals surface area contributed by atoms with Crippen molar-refractivity contribution in [3.8, 4) is 0 Å². The van der Waals surface area contributed by atoms with Crippen LogP contribution in [0.25, 0.3) is 0 Å². The van der Waals surface area contributed by atoms with Gasteiger partial charge < -0.3 is 0 Å². The van der Waals surface area contributed by atoms with Crippen molar-refractivity contribution in [1.29, 1.82) is 0 Å². The van der Waals surface area contributed by atoms with Gasteiger partial charge in [-0.2, -0.15) is 0 Å². The van der Waals surface area contributed by atoms with Crippen LogP contribution in [-0.4, -0.2) is 30.9 Å². The zero-order valence-corrected chi connectivity index (χ0v) is 4.15. The fraction of sp³-hybridized carbons (Fsp3) is 1.00. The standard InChI is InChI=1S/C4H9N3/c1-4-5-2-7(1)3-6-4/h4-6H,1-3H2. The number of rotatable bonds is 0. The molecule has 2 saturated heterocycles. The van der Waals surface area contributed by atoms with Crippen molar-refractivity contribution in [2.24, 2.45) is 0 Å². The Morgan fingerprint density at radius 1 is 1.29 bits per heavy atom. The lowest BCUT2D eigenvalue weighted by Crippen LogP contribution is -2.42. The van der Waals surface area contributed by atoms with Gasteiger partial charge in [0.15, 0.2) is 0 Å². The molecule has 0 amide bonds. The van der Waals surface area contributed by atoms with Crippen LogP contribution in [0.1, 0.15) is 0 Å². The Balaban J connectivity index is 2.12. The predicted octanol–water partition coefficient (Wildman–Crippen LogP) is -1.26. The van der Waals surface area contributed by atoms with Crippen molar-refractivity contribution < 1.29 is 0 Å². The first-order valence-corrected chi connectivity index (χ1v) is 2.64. The van der Waals surface area contributed by atoms with Gasteiger partial charge >= 0.3 is 0 Å². The summed E-state index contributed by atoms with van der Waals surface area (Å²) < 4.78 is 0. The second kappa shape index (κ2) is 1.18. The third-order valence-corrected chi connectivity index (χ3v) is 1.56. The Morgan fingerprint density at radius 2 is 2.00 bits per heavy atom. The zero-order chi connectivity index (χ0) is 4.69. The minimum absolute atomic E-state index is 0.597. The van der Waals surface area contributed by atoms with Gasteiger partial charge in [0, 0.05) is 6.54 Å². The molecule has 2 bridgehead atoms. The van der Waals surface area contributed by atoms with E-state index in [1.54, 1.807) is 0 Å². The van der Waals surface area contributed by atoms with Gasteiger partial charge in [0.05, 0.1) is 19.5 Å². The molecule has 3 nitrogen and oxygen atoms in total. The van der Waals surface area contributed by atoms with E-state index in [9.17, 15) is 0 Å². The molecule has 2 heterocycles. The molecular weight excluding hydrogens is 90.1 g/mol. The van der Waals surface area contributed by atoms with Gasteiger partial charge in [-0.25, -0.2) is 0 Å². The molecule has 0 saturated carbocycles. The molecular formula is C4H9N3. The molecule has 3 heteroatoms. The van der Waals surface area contributed by atoms with E-state index in [4.69, 9.17) is 0 Å². The first-order chi connectivity index (χ1) is 3.45. The summed E-state index contributed by atoms with van der Waals surface area (Å²) in [6.45, 7) is 3.36. The Hall–Kier alpha value is -0.120. The SMILES string of the molecule is C1NC2CN1CN2. The van der Waals surface area contributed by atoms with Gasteiger partial charge in [0.2, 0.25) is 0 Å². The first-order valence-electron chi connectivity index (χ1n) is 2.64. The van der Waals surface area contributed by atoms with Crippen LogP contribution >= 0.6 is 0 Å². The molecule has 2 aliphatic rings. The van der Waals surface area contributed by atoms with Gasteiger partial charge in [-0.05, 0) is 0 Å². The van der Waals surface area contributed by atoms with Crippen LogP contribution < -0.4 is 10.6 Å². The van der Waals surface area contributed by atoms with Crippen LogP contribution in [0.15, 0.2) is 0 Å². The van der Waals surface area contributed by atoms with Crippen molar-refractivity contribution in [3.05, 3.63) is 0 Å². The molecule has 0 aromatic rings. The van der Waals surface area contributed by atoms with Gasteiger partial charge in [0.25, 0.3) is 0 Å². The molecule has 2 fully saturated rings. The molecule has 2 rings (SSSR count). The van der Waals surface area contributed by atoms with Crippen LogP contribution in [-0.2, 0) is 0 Å². The lowest BCUT2D eigenvalue weighted by Gasteiger charge is -2.12. The van der Waals surface area contributed by atoms with Gasteiger partial charge in [0.1, 0.15) is 0 Å². The lowest BCUT2D eigenvalue weighted by atomic mass is 10.6. The highest BCUT2D eigenvalue weighted by Gasteiger charge is 2.26. The monoisotopic (exact) mass is 99.1 g/mol. The Labute approximate surface area is 42.7 Å². The van der Waals surface area contributed by atoms with Gasteiger partial charge in [-0.1, -0.05) is 0 Å². The fourth-order valence-corrected chi connectivity index (χ4v) is 1.12. The predicted molar refractivity (Wildman–Crippen MR) is 26.5 cm³/mol. The maximum atomic E-state index is 3.27. The van der Waals surface area contributed by atoms with E-state index < -0.39 is 0 Å². The molecule has 40 valence electrons. The van der Waals surface area contributed by atoms with Crippen molar-refractivity contribution in [1.82, 2.24) is 15.5 Å². The highest BCUT2D eigenvalue weighted by atomic mass is 15.5. The summed E-state index contributed by atoms with van der Waals surface area (Å²) in [5.41, 5.74) is 0. The maximum Gasteiger partial charge on any atom is 0.0723 e. The van der Waals surface area contributed by atoms with E-state index >= 15 is 0 Å². The van der Waals surface area contributed by atoms with E-state index in [2.05, 4.69) is 15.5 Å². The minimum atomic E-state index is 0.597. The van der Waals surface area contributed by atoms with Crippen molar-refractivity contribution >= 4 is 0 Å². The van der Waals surface area contributed by atoms with Crippen LogP contribution in [0, 0.1) is 0 Å². The second-order valence-electron chi connectivity index (χ2n) is 2.13.